The van der Waals surface area contributed by atoms with Crippen molar-refractivity contribution in [2.75, 3.05) is 23.5 Å². The summed E-state index contributed by atoms with van der Waals surface area (Å²) in [6.07, 6.45) is 2.96. The molecule has 3 nitrogen and oxygen atoms in total. The predicted molar refractivity (Wildman–Crippen MR) is 90.4 cm³/mol. The van der Waals surface area contributed by atoms with Gasteiger partial charge in [-0.1, -0.05) is 12.2 Å². The second-order valence-electron chi connectivity index (χ2n) is 5.12. The molecule has 1 amide bonds. The molecular weight excluding hydrogens is 288 g/mol. The van der Waals surface area contributed by atoms with Crippen molar-refractivity contribution in [1.82, 2.24) is 0 Å². The fourth-order valence-electron chi connectivity index (χ4n) is 2.33. The summed E-state index contributed by atoms with van der Waals surface area (Å²) in [5, 5.41) is 0. The zero-order valence-electron chi connectivity index (χ0n) is 11.7. The van der Waals surface area contributed by atoms with Crippen molar-refractivity contribution in [2.45, 2.75) is 19.3 Å². The van der Waals surface area contributed by atoms with E-state index in [-0.39, 0.29) is 5.91 Å². The summed E-state index contributed by atoms with van der Waals surface area (Å²) >= 11 is 6.91. The molecule has 0 saturated carbocycles. The molecule has 5 heteroatoms. The quantitative estimate of drug-likeness (QED) is 0.869. The molecule has 0 unspecified atom stereocenters. The van der Waals surface area contributed by atoms with Crippen LogP contribution in [-0.4, -0.2) is 29.4 Å². The first-order chi connectivity index (χ1) is 9.58. The van der Waals surface area contributed by atoms with Crippen LogP contribution in [0.5, 0.6) is 0 Å². The summed E-state index contributed by atoms with van der Waals surface area (Å²) in [4.78, 5) is 14.4. The Hall–Kier alpha value is -1.07. The highest BCUT2D eigenvalue weighted by Crippen LogP contribution is 2.26. The Balaban J connectivity index is 1.96. The minimum atomic E-state index is 0.185. The van der Waals surface area contributed by atoms with E-state index in [4.69, 9.17) is 18.0 Å². The van der Waals surface area contributed by atoms with Crippen LogP contribution in [0.4, 0.5) is 5.69 Å². The molecule has 2 N–H and O–H groups in total. The number of nitrogens with zero attached hydrogens (tertiary/aromatic N) is 1. The van der Waals surface area contributed by atoms with Crippen molar-refractivity contribution in [3.05, 3.63) is 29.8 Å². The van der Waals surface area contributed by atoms with E-state index in [1.807, 2.05) is 43.1 Å². The van der Waals surface area contributed by atoms with E-state index in [0.717, 1.165) is 24.1 Å². The van der Waals surface area contributed by atoms with Crippen LogP contribution in [0.25, 0.3) is 0 Å². The smallest absolute Gasteiger partial charge is 0.226 e. The molecule has 1 heterocycles. The first-order valence-electron chi connectivity index (χ1n) is 6.82. The summed E-state index contributed by atoms with van der Waals surface area (Å²) in [5.74, 6) is 3.10. The fraction of sp³-hybridized carbons (Fsp3) is 0.467. The molecule has 0 spiro atoms. The van der Waals surface area contributed by atoms with Crippen LogP contribution < -0.4 is 10.6 Å². The summed E-state index contributed by atoms with van der Waals surface area (Å²) in [6, 6.07) is 7.50. The highest BCUT2D eigenvalue weighted by atomic mass is 32.2. The van der Waals surface area contributed by atoms with E-state index in [1.165, 1.54) is 11.5 Å². The van der Waals surface area contributed by atoms with Gasteiger partial charge in [0.1, 0.15) is 4.99 Å². The van der Waals surface area contributed by atoms with Crippen molar-refractivity contribution in [2.24, 2.45) is 11.7 Å². The number of thioether (sulfide) groups is 1. The SMILES string of the molecule is CN(C(=O)CC1CCSCC1)c1ccc(C(N)=S)cc1. The molecule has 0 radical (unpaired) electrons. The van der Waals surface area contributed by atoms with Gasteiger partial charge in [0.15, 0.2) is 0 Å². The second kappa shape index (κ2) is 7.09. The Kier molecular flexibility index (Phi) is 5.43. The highest BCUT2D eigenvalue weighted by Gasteiger charge is 2.20. The molecule has 1 aromatic carbocycles. The van der Waals surface area contributed by atoms with Crippen molar-refractivity contribution in [3.63, 3.8) is 0 Å². The number of hydrogen-bond donors (Lipinski definition) is 1. The lowest BCUT2D eigenvalue weighted by Crippen LogP contribution is -2.29. The Morgan fingerprint density at radius 2 is 1.95 bits per heavy atom. The number of carbonyl (C=O) groups is 1. The van der Waals surface area contributed by atoms with Crippen LogP contribution >= 0.6 is 24.0 Å². The minimum Gasteiger partial charge on any atom is -0.389 e. The maximum Gasteiger partial charge on any atom is 0.226 e. The summed E-state index contributed by atoms with van der Waals surface area (Å²) in [7, 11) is 1.83. The number of amides is 1. The van der Waals surface area contributed by atoms with Gasteiger partial charge in [-0.25, -0.2) is 0 Å². The number of thiocarbonyl (C=S) groups is 1. The Morgan fingerprint density at radius 3 is 2.50 bits per heavy atom. The van der Waals surface area contributed by atoms with Gasteiger partial charge in [0.2, 0.25) is 5.91 Å². The van der Waals surface area contributed by atoms with Gasteiger partial charge < -0.3 is 10.6 Å². The van der Waals surface area contributed by atoms with Gasteiger partial charge >= 0.3 is 0 Å². The first-order valence-corrected chi connectivity index (χ1v) is 8.38. The molecule has 1 aliphatic heterocycles. The summed E-state index contributed by atoms with van der Waals surface area (Å²) < 4.78 is 0. The maximum absolute atomic E-state index is 12.3. The molecule has 0 bridgehead atoms. The lowest BCUT2D eigenvalue weighted by Gasteiger charge is -2.24. The molecule has 2 rings (SSSR count). The van der Waals surface area contributed by atoms with E-state index < -0.39 is 0 Å². The zero-order valence-corrected chi connectivity index (χ0v) is 13.3. The van der Waals surface area contributed by atoms with Crippen molar-refractivity contribution in [3.8, 4) is 0 Å². The van der Waals surface area contributed by atoms with E-state index >= 15 is 0 Å². The normalized spacial score (nSPS) is 15.8. The fourth-order valence-corrected chi connectivity index (χ4v) is 3.67. The largest absolute Gasteiger partial charge is 0.389 e. The van der Waals surface area contributed by atoms with Crippen molar-refractivity contribution in [1.29, 1.82) is 0 Å². The predicted octanol–water partition coefficient (Wildman–Crippen LogP) is 2.82. The van der Waals surface area contributed by atoms with E-state index in [1.54, 1.807) is 4.90 Å². The van der Waals surface area contributed by atoms with Crippen LogP contribution in [0, 0.1) is 5.92 Å². The molecule has 0 aliphatic carbocycles. The van der Waals surface area contributed by atoms with Crippen molar-refractivity contribution < 1.29 is 4.79 Å². The maximum atomic E-state index is 12.3. The molecule has 1 saturated heterocycles. The monoisotopic (exact) mass is 308 g/mol. The summed E-state index contributed by atoms with van der Waals surface area (Å²) in [6.45, 7) is 0. The van der Waals surface area contributed by atoms with Crippen molar-refractivity contribution >= 4 is 40.6 Å². The third kappa shape index (κ3) is 3.96. The van der Waals surface area contributed by atoms with Gasteiger partial charge in [-0.15, -0.1) is 0 Å². The number of anilines is 1. The molecule has 1 aromatic rings. The Bertz CT molecular complexity index is 481. The van der Waals surface area contributed by atoms with Gasteiger partial charge in [0.05, 0.1) is 0 Å². The van der Waals surface area contributed by atoms with E-state index in [0.29, 0.717) is 17.3 Å². The van der Waals surface area contributed by atoms with Crippen LogP contribution in [0.15, 0.2) is 24.3 Å². The zero-order chi connectivity index (χ0) is 14.5. The molecule has 108 valence electrons. The number of nitrogens with two attached hydrogens (primary N) is 1. The Labute approximate surface area is 129 Å². The second-order valence-corrected chi connectivity index (χ2v) is 6.79. The molecule has 1 aliphatic rings. The number of hydrogen-bond acceptors (Lipinski definition) is 3. The van der Waals surface area contributed by atoms with Gasteiger partial charge in [-0.2, -0.15) is 11.8 Å². The van der Waals surface area contributed by atoms with E-state index in [9.17, 15) is 4.79 Å². The van der Waals surface area contributed by atoms with Gasteiger partial charge in [-0.3, -0.25) is 4.79 Å². The third-order valence-electron chi connectivity index (χ3n) is 3.72. The first kappa shape index (κ1) is 15.3. The average Bonchev–Trinajstić information content (AvgIpc) is 2.47. The topological polar surface area (TPSA) is 46.3 Å². The average molecular weight is 308 g/mol. The number of carbonyl (C=O) groups excluding carboxylic acids is 1. The standard InChI is InChI=1S/C15H20N2OS2/c1-17(13-4-2-12(3-5-13)15(16)19)14(18)10-11-6-8-20-9-7-11/h2-5,11H,6-10H2,1H3,(H2,16,19). The lowest BCUT2D eigenvalue weighted by atomic mass is 9.98. The van der Waals surface area contributed by atoms with E-state index in [2.05, 4.69) is 0 Å². The molecule has 20 heavy (non-hydrogen) atoms. The lowest BCUT2D eigenvalue weighted by molar-refractivity contribution is -0.119. The van der Waals surface area contributed by atoms with Crippen LogP contribution in [0.1, 0.15) is 24.8 Å². The Morgan fingerprint density at radius 1 is 1.35 bits per heavy atom. The number of rotatable bonds is 4. The molecule has 0 atom stereocenters. The van der Waals surface area contributed by atoms with Gasteiger partial charge in [-0.05, 0) is 54.5 Å². The van der Waals surface area contributed by atoms with Crippen LogP contribution in [0.2, 0.25) is 0 Å². The van der Waals surface area contributed by atoms with Gasteiger partial charge in [0.25, 0.3) is 0 Å². The minimum absolute atomic E-state index is 0.185. The summed E-state index contributed by atoms with van der Waals surface area (Å²) in [5.41, 5.74) is 7.29. The molecule has 1 fully saturated rings. The molecular formula is C15H20N2OS2. The van der Waals surface area contributed by atoms with Crippen LogP contribution in [-0.2, 0) is 4.79 Å². The third-order valence-corrected chi connectivity index (χ3v) is 5.00. The molecule has 0 aromatic heterocycles. The number of benzene rings is 1. The van der Waals surface area contributed by atoms with Crippen LogP contribution in [0.3, 0.4) is 0 Å². The van der Waals surface area contributed by atoms with Gasteiger partial charge in [0, 0.05) is 24.7 Å². The highest BCUT2D eigenvalue weighted by molar-refractivity contribution is 7.99.